The van der Waals surface area contributed by atoms with E-state index in [1.807, 2.05) is 0 Å². The molecule has 118 valence electrons. The predicted octanol–water partition coefficient (Wildman–Crippen LogP) is 1.77. The number of aryl methyl sites for hydroxylation is 1. The molecule has 0 saturated carbocycles. The van der Waals surface area contributed by atoms with Crippen LogP contribution in [0.15, 0.2) is 27.2 Å². The Bertz CT molecular complexity index is 645. The molecule has 3 rings (SSSR count). The van der Waals surface area contributed by atoms with Crippen LogP contribution in [-0.2, 0) is 11.2 Å². The molecule has 1 saturated heterocycles. The monoisotopic (exact) mass is 322 g/mol. The smallest absolute Gasteiger partial charge is 0.263 e. The van der Waals surface area contributed by atoms with Gasteiger partial charge in [-0.15, -0.1) is 0 Å². The van der Waals surface area contributed by atoms with Crippen molar-refractivity contribution in [1.82, 2.24) is 10.3 Å². The van der Waals surface area contributed by atoms with Crippen LogP contribution in [0.1, 0.15) is 17.9 Å². The molecular formula is C15H18N2O4S. The quantitative estimate of drug-likeness (QED) is 0.872. The first-order chi connectivity index (χ1) is 10.6. The van der Waals surface area contributed by atoms with E-state index in [2.05, 4.69) is 10.3 Å². The van der Waals surface area contributed by atoms with E-state index in [-0.39, 0.29) is 18.9 Å². The van der Waals surface area contributed by atoms with E-state index in [1.54, 1.807) is 37.1 Å². The molecule has 22 heavy (non-hydrogen) atoms. The lowest BCUT2D eigenvalue weighted by molar-refractivity contribution is -0.121. The maximum atomic E-state index is 12.0. The zero-order chi connectivity index (χ0) is 15.6. The minimum Gasteiger partial charge on any atom is -0.459 e. The van der Waals surface area contributed by atoms with Crippen molar-refractivity contribution in [2.75, 3.05) is 18.1 Å². The van der Waals surface area contributed by atoms with Crippen molar-refractivity contribution >= 4 is 17.7 Å². The van der Waals surface area contributed by atoms with Gasteiger partial charge in [-0.2, -0.15) is 11.8 Å². The van der Waals surface area contributed by atoms with Crippen molar-refractivity contribution in [3.05, 3.63) is 29.9 Å². The number of furan rings is 1. The predicted molar refractivity (Wildman–Crippen MR) is 82.5 cm³/mol. The van der Waals surface area contributed by atoms with E-state index in [0.29, 0.717) is 35.3 Å². The molecule has 3 heterocycles. The molecule has 0 aliphatic carbocycles. The van der Waals surface area contributed by atoms with Gasteiger partial charge in [-0.05, 0) is 31.2 Å². The van der Waals surface area contributed by atoms with Crippen LogP contribution in [0.2, 0.25) is 0 Å². The van der Waals surface area contributed by atoms with Crippen LogP contribution in [0.25, 0.3) is 11.7 Å². The molecule has 2 aromatic rings. The summed E-state index contributed by atoms with van der Waals surface area (Å²) in [6, 6.07) is 3.50. The SMILES string of the molecule is Cc1oc(-c2ccco2)nc1CC(=O)NCC1(O)CCSC1. The first kappa shape index (κ1) is 15.2. The lowest BCUT2D eigenvalue weighted by Gasteiger charge is -2.21. The van der Waals surface area contributed by atoms with Gasteiger partial charge in [0.05, 0.1) is 24.0 Å². The second kappa shape index (κ2) is 6.18. The summed E-state index contributed by atoms with van der Waals surface area (Å²) >= 11 is 1.70. The third kappa shape index (κ3) is 3.36. The molecule has 0 spiro atoms. The molecule has 1 unspecified atom stereocenters. The van der Waals surface area contributed by atoms with Gasteiger partial charge in [0, 0.05) is 12.3 Å². The van der Waals surface area contributed by atoms with Gasteiger partial charge in [-0.25, -0.2) is 4.98 Å². The van der Waals surface area contributed by atoms with E-state index in [9.17, 15) is 9.90 Å². The van der Waals surface area contributed by atoms with Gasteiger partial charge >= 0.3 is 0 Å². The third-order valence-electron chi connectivity index (χ3n) is 3.65. The Morgan fingerprint density at radius 3 is 3.14 bits per heavy atom. The average Bonchev–Trinajstić information content (AvgIpc) is 3.20. The van der Waals surface area contributed by atoms with Crippen molar-refractivity contribution in [2.45, 2.75) is 25.4 Å². The van der Waals surface area contributed by atoms with Crippen LogP contribution < -0.4 is 5.32 Å². The van der Waals surface area contributed by atoms with Crippen LogP contribution in [0, 0.1) is 6.92 Å². The van der Waals surface area contributed by atoms with E-state index in [4.69, 9.17) is 8.83 Å². The summed E-state index contributed by atoms with van der Waals surface area (Å²) < 4.78 is 10.7. The standard InChI is InChI=1S/C15H18N2O4S/c1-10-11(17-14(21-10)12-3-2-5-20-12)7-13(18)16-8-15(19)4-6-22-9-15/h2-3,5,19H,4,6-9H2,1H3,(H,16,18). The molecule has 1 atom stereocenters. The molecule has 1 aliphatic heterocycles. The fourth-order valence-electron chi connectivity index (χ4n) is 2.31. The Hall–Kier alpha value is -1.73. The summed E-state index contributed by atoms with van der Waals surface area (Å²) in [7, 11) is 0. The minimum absolute atomic E-state index is 0.124. The maximum absolute atomic E-state index is 12.0. The Balaban J connectivity index is 1.59. The van der Waals surface area contributed by atoms with Crippen molar-refractivity contribution in [1.29, 1.82) is 0 Å². The van der Waals surface area contributed by atoms with Gasteiger partial charge in [0.2, 0.25) is 5.91 Å². The second-order valence-corrected chi connectivity index (χ2v) is 6.58. The van der Waals surface area contributed by atoms with Crippen molar-refractivity contribution in [3.63, 3.8) is 0 Å². The van der Waals surface area contributed by atoms with E-state index >= 15 is 0 Å². The fraction of sp³-hybridized carbons (Fsp3) is 0.467. The number of rotatable bonds is 5. The van der Waals surface area contributed by atoms with Crippen LogP contribution in [0.3, 0.4) is 0 Å². The van der Waals surface area contributed by atoms with Crippen LogP contribution in [-0.4, -0.2) is 39.6 Å². The normalized spacial score (nSPS) is 21.2. The number of aromatic nitrogens is 1. The molecular weight excluding hydrogens is 304 g/mol. The lowest BCUT2D eigenvalue weighted by atomic mass is 10.0. The largest absolute Gasteiger partial charge is 0.459 e. The summed E-state index contributed by atoms with van der Waals surface area (Å²) in [6.45, 7) is 2.05. The fourth-order valence-corrected chi connectivity index (χ4v) is 3.61. The topological polar surface area (TPSA) is 88.5 Å². The second-order valence-electron chi connectivity index (χ2n) is 5.48. The number of nitrogens with zero attached hydrogens (tertiary/aromatic N) is 1. The summed E-state index contributed by atoms with van der Waals surface area (Å²) in [4.78, 5) is 16.3. The number of aliphatic hydroxyl groups is 1. The zero-order valence-electron chi connectivity index (χ0n) is 12.3. The molecule has 0 radical (unpaired) electrons. The van der Waals surface area contributed by atoms with Crippen LogP contribution >= 0.6 is 11.8 Å². The number of carbonyl (C=O) groups is 1. The molecule has 6 nitrogen and oxygen atoms in total. The van der Waals surface area contributed by atoms with Crippen molar-refractivity contribution in [3.8, 4) is 11.7 Å². The molecule has 0 bridgehead atoms. The summed E-state index contributed by atoms with van der Waals surface area (Å²) in [5, 5.41) is 13.0. The molecule has 1 amide bonds. The summed E-state index contributed by atoms with van der Waals surface area (Å²) in [5.74, 6) is 2.92. The molecule has 1 fully saturated rings. The Kier molecular flexibility index (Phi) is 4.26. The molecule has 2 N–H and O–H groups in total. The number of hydrogen-bond donors (Lipinski definition) is 2. The number of oxazole rings is 1. The molecule has 1 aliphatic rings. The molecule has 2 aromatic heterocycles. The van der Waals surface area contributed by atoms with Crippen LogP contribution in [0.5, 0.6) is 0 Å². The number of amides is 1. The van der Waals surface area contributed by atoms with E-state index in [1.165, 1.54) is 0 Å². The number of hydrogen-bond acceptors (Lipinski definition) is 6. The maximum Gasteiger partial charge on any atom is 0.263 e. The average molecular weight is 322 g/mol. The first-order valence-electron chi connectivity index (χ1n) is 7.13. The van der Waals surface area contributed by atoms with Crippen molar-refractivity contribution in [2.24, 2.45) is 0 Å². The van der Waals surface area contributed by atoms with Crippen molar-refractivity contribution < 1.29 is 18.7 Å². The highest BCUT2D eigenvalue weighted by Crippen LogP contribution is 2.27. The first-order valence-corrected chi connectivity index (χ1v) is 8.28. The number of thioether (sulfide) groups is 1. The highest BCUT2D eigenvalue weighted by molar-refractivity contribution is 7.99. The Morgan fingerprint density at radius 2 is 2.45 bits per heavy atom. The van der Waals surface area contributed by atoms with E-state index < -0.39 is 5.60 Å². The molecule has 7 heteroatoms. The summed E-state index contributed by atoms with van der Waals surface area (Å²) in [6.07, 6.45) is 2.38. The number of nitrogens with one attached hydrogen (secondary N) is 1. The highest BCUT2D eigenvalue weighted by atomic mass is 32.2. The van der Waals surface area contributed by atoms with E-state index in [0.717, 1.165) is 5.75 Å². The Morgan fingerprint density at radius 1 is 1.59 bits per heavy atom. The van der Waals surface area contributed by atoms with Gasteiger partial charge in [0.1, 0.15) is 5.76 Å². The molecule has 0 aromatic carbocycles. The highest BCUT2D eigenvalue weighted by Gasteiger charge is 2.32. The third-order valence-corrected chi connectivity index (χ3v) is 4.88. The van der Waals surface area contributed by atoms with Gasteiger partial charge in [0.15, 0.2) is 5.76 Å². The number of carbonyl (C=O) groups excluding carboxylic acids is 1. The van der Waals surface area contributed by atoms with Gasteiger partial charge in [-0.3, -0.25) is 4.79 Å². The van der Waals surface area contributed by atoms with Gasteiger partial charge < -0.3 is 19.3 Å². The lowest BCUT2D eigenvalue weighted by Crippen LogP contribution is -2.43. The summed E-state index contributed by atoms with van der Waals surface area (Å²) in [5.41, 5.74) is -0.199. The van der Waals surface area contributed by atoms with Gasteiger partial charge in [-0.1, -0.05) is 0 Å². The van der Waals surface area contributed by atoms with Gasteiger partial charge in [0.25, 0.3) is 5.89 Å². The van der Waals surface area contributed by atoms with Crippen LogP contribution in [0.4, 0.5) is 0 Å². The zero-order valence-corrected chi connectivity index (χ0v) is 13.1. The Labute approximate surface area is 132 Å². The minimum atomic E-state index is -0.779.